The minimum Gasteiger partial charge on any atom is -0.322 e. The van der Waals surface area contributed by atoms with Crippen LogP contribution in [0.2, 0.25) is 0 Å². The SMILES string of the molecule is CC1(C)[C@@H]2CC[C@@]1(C)[C@@H](NCCCCCCCSc1c(F)ccc3c1CN(C1CCC(=O)NC1=O)C3=O)C2. The lowest BCUT2D eigenvalue weighted by atomic mass is 9.69. The maximum Gasteiger partial charge on any atom is 0.255 e. The normalized spacial score (nSPS) is 29.7. The quantitative estimate of drug-likeness (QED) is 0.221. The van der Waals surface area contributed by atoms with Gasteiger partial charge in [-0.15, -0.1) is 11.8 Å². The second-order valence-corrected chi connectivity index (χ2v) is 13.6. The van der Waals surface area contributed by atoms with Crippen LogP contribution >= 0.6 is 11.8 Å². The minimum absolute atomic E-state index is 0.209. The first-order valence-electron chi connectivity index (χ1n) is 14.5. The molecule has 2 aliphatic carbocycles. The van der Waals surface area contributed by atoms with Gasteiger partial charge in [0, 0.05) is 35.0 Å². The summed E-state index contributed by atoms with van der Waals surface area (Å²) >= 11 is 1.47. The number of thioether (sulfide) groups is 1. The van der Waals surface area contributed by atoms with Crippen molar-refractivity contribution in [3.63, 3.8) is 0 Å². The summed E-state index contributed by atoms with van der Waals surface area (Å²) < 4.78 is 14.8. The third-order valence-corrected chi connectivity index (χ3v) is 11.6. The molecule has 1 aromatic rings. The molecule has 6 nitrogen and oxygen atoms in total. The van der Waals surface area contributed by atoms with E-state index in [0.29, 0.717) is 39.3 Å². The Morgan fingerprint density at radius 1 is 1.08 bits per heavy atom. The van der Waals surface area contributed by atoms with Gasteiger partial charge in [0.25, 0.3) is 5.91 Å². The van der Waals surface area contributed by atoms with Gasteiger partial charge in [-0.2, -0.15) is 0 Å². The van der Waals surface area contributed by atoms with Crippen molar-refractivity contribution in [1.82, 2.24) is 15.5 Å². The molecule has 5 rings (SSSR count). The molecule has 4 aliphatic rings. The van der Waals surface area contributed by atoms with Crippen LogP contribution < -0.4 is 10.6 Å². The molecule has 2 bridgehead atoms. The summed E-state index contributed by atoms with van der Waals surface area (Å²) in [6, 6.07) is 2.86. The van der Waals surface area contributed by atoms with E-state index in [0.717, 1.165) is 31.1 Å². The highest BCUT2D eigenvalue weighted by atomic mass is 32.2. The van der Waals surface area contributed by atoms with Crippen molar-refractivity contribution < 1.29 is 18.8 Å². The number of hydrogen-bond donors (Lipinski definition) is 2. The number of unbranched alkanes of at least 4 members (excludes halogenated alkanes) is 4. The summed E-state index contributed by atoms with van der Waals surface area (Å²) in [4.78, 5) is 38.8. The van der Waals surface area contributed by atoms with Gasteiger partial charge < -0.3 is 10.2 Å². The number of imide groups is 1. The molecule has 208 valence electrons. The van der Waals surface area contributed by atoms with E-state index >= 15 is 0 Å². The van der Waals surface area contributed by atoms with Gasteiger partial charge in [0.05, 0.1) is 0 Å². The van der Waals surface area contributed by atoms with Crippen molar-refractivity contribution in [2.75, 3.05) is 12.3 Å². The molecule has 0 aromatic heterocycles. The zero-order valence-corrected chi connectivity index (χ0v) is 23.9. The molecule has 2 heterocycles. The molecule has 1 aromatic carbocycles. The van der Waals surface area contributed by atoms with E-state index in [4.69, 9.17) is 0 Å². The van der Waals surface area contributed by atoms with Crippen molar-refractivity contribution in [1.29, 1.82) is 0 Å². The highest BCUT2D eigenvalue weighted by Gasteiger charge is 2.60. The lowest BCUT2D eigenvalue weighted by Crippen LogP contribution is -2.52. The van der Waals surface area contributed by atoms with E-state index in [1.54, 1.807) is 0 Å². The van der Waals surface area contributed by atoms with E-state index in [9.17, 15) is 18.8 Å². The summed E-state index contributed by atoms with van der Waals surface area (Å²) in [6.07, 6.45) is 10.3. The highest BCUT2D eigenvalue weighted by Crippen LogP contribution is 2.65. The number of hydrogen-bond acceptors (Lipinski definition) is 5. The molecule has 3 amide bonds. The summed E-state index contributed by atoms with van der Waals surface area (Å²) in [5, 5.41) is 6.20. The lowest BCUT2D eigenvalue weighted by molar-refractivity contribution is -0.136. The molecule has 38 heavy (non-hydrogen) atoms. The number of halogens is 1. The minimum atomic E-state index is -0.679. The van der Waals surface area contributed by atoms with Crippen molar-refractivity contribution in [3.05, 3.63) is 29.1 Å². The molecule has 2 N–H and O–H groups in total. The fourth-order valence-electron chi connectivity index (χ4n) is 7.46. The molecule has 4 atom stereocenters. The van der Waals surface area contributed by atoms with Crippen LogP contribution in [0.25, 0.3) is 0 Å². The third kappa shape index (κ3) is 4.91. The molecule has 3 fully saturated rings. The first-order valence-corrected chi connectivity index (χ1v) is 15.4. The summed E-state index contributed by atoms with van der Waals surface area (Å²) in [5.41, 5.74) is 2.04. The number of piperidine rings is 1. The summed E-state index contributed by atoms with van der Waals surface area (Å²) in [6.45, 7) is 8.73. The van der Waals surface area contributed by atoms with E-state index < -0.39 is 11.9 Å². The van der Waals surface area contributed by atoms with Gasteiger partial charge >= 0.3 is 0 Å². The number of carbonyl (C=O) groups is 3. The van der Waals surface area contributed by atoms with Gasteiger partial charge in [-0.1, -0.05) is 40.0 Å². The zero-order valence-electron chi connectivity index (χ0n) is 23.0. The largest absolute Gasteiger partial charge is 0.322 e. The van der Waals surface area contributed by atoms with Crippen LogP contribution in [0.3, 0.4) is 0 Å². The number of nitrogens with one attached hydrogen (secondary N) is 2. The van der Waals surface area contributed by atoms with Crippen LogP contribution in [0.1, 0.15) is 101 Å². The molecule has 1 unspecified atom stereocenters. The molecule has 0 radical (unpaired) electrons. The summed E-state index contributed by atoms with van der Waals surface area (Å²) in [7, 11) is 0. The molecule has 8 heteroatoms. The Hall–Kier alpha value is -1.93. The maximum absolute atomic E-state index is 14.8. The van der Waals surface area contributed by atoms with Crippen LogP contribution in [0.5, 0.6) is 0 Å². The average molecular weight is 544 g/mol. The number of carbonyl (C=O) groups excluding carboxylic acids is 3. The van der Waals surface area contributed by atoms with E-state index in [1.807, 2.05) is 0 Å². The smallest absolute Gasteiger partial charge is 0.255 e. The molecular formula is C30H42FN3O3S. The predicted molar refractivity (Wildman–Crippen MR) is 147 cm³/mol. The van der Waals surface area contributed by atoms with E-state index in [2.05, 4.69) is 31.4 Å². The molecule has 0 spiro atoms. The van der Waals surface area contributed by atoms with Gasteiger partial charge in [-0.05, 0) is 79.7 Å². The number of rotatable bonds is 11. The standard InChI is InChI=1S/C30H42FN3O3S/c1-29(2)19-13-14-30(29,3)24(17-19)32-15-7-5-4-6-8-16-38-26-21-18-34(23-11-12-25(35)33-27(23)36)28(37)20(21)9-10-22(26)31/h9-10,19,23-24,32H,4-8,11-18H2,1-3H3,(H,33,35,36)/t19-,23?,24+,30+/m1/s1. The Labute approximate surface area is 230 Å². The fraction of sp³-hybridized carbons (Fsp3) is 0.700. The van der Waals surface area contributed by atoms with Crippen LogP contribution in [-0.2, 0) is 16.1 Å². The Kier molecular flexibility index (Phi) is 7.94. The zero-order chi connectivity index (χ0) is 27.1. The Bertz CT molecular complexity index is 1110. The van der Waals surface area contributed by atoms with Crippen LogP contribution in [-0.4, -0.2) is 47.0 Å². The number of fused-ring (bicyclic) bond motifs is 3. The van der Waals surface area contributed by atoms with Crippen LogP contribution in [0.4, 0.5) is 4.39 Å². The van der Waals surface area contributed by atoms with Crippen molar-refractivity contribution >= 4 is 29.5 Å². The predicted octanol–water partition coefficient (Wildman–Crippen LogP) is 5.43. The molecular weight excluding hydrogens is 501 g/mol. The summed E-state index contributed by atoms with van der Waals surface area (Å²) in [5.74, 6) is 0.351. The Balaban J connectivity index is 1.03. The van der Waals surface area contributed by atoms with Gasteiger partial charge in [-0.3, -0.25) is 19.7 Å². The topological polar surface area (TPSA) is 78.5 Å². The van der Waals surface area contributed by atoms with Crippen molar-refractivity contribution in [3.8, 4) is 0 Å². The molecule has 2 aliphatic heterocycles. The van der Waals surface area contributed by atoms with Crippen LogP contribution in [0.15, 0.2) is 17.0 Å². The lowest BCUT2D eigenvalue weighted by Gasteiger charge is -2.39. The van der Waals surface area contributed by atoms with Gasteiger partial charge in [0.15, 0.2) is 0 Å². The second-order valence-electron chi connectivity index (χ2n) is 12.5. The van der Waals surface area contributed by atoms with Crippen molar-refractivity contribution in [2.24, 2.45) is 16.7 Å². The van der Waals surface area contributed by atoms with Crippen LogP contribution in [0, 0.1) is 22.6 Å². The molecule has 1 saturated heterocycles. The first-order chi connectivity index (χ1) is 18.1. The fourth-order valence-corrected chi connectivity index (χ4v) is 8.57. The van der Waals surface area contributed by atoms with E-state index in [-0.39, 0.29) is 30.6 Å². The van der Waals surface area contributed by atoms with E-state index in [1.165, 1.54) is 67.3 Å². The second kappa shape index (κ2) is 10.9. The average Bonchev–Trinajstić information content (AvgIpc) is 3.38. The third-order valence-electron chi connectivity index (χ3n) is 10.4. The number of nitrogens with zero attached hydrogens (tertiary/aromatic N) is 1. The van der Waals surface area contributed by atoms with Gasteiger partial charge in [-0.25, -0.2) is 4.39 Å². The monoisotopic (exact) mass is 543 g/mol. The van der Waals surface area contributed by atoms with Gasteiger partial charge in [0.2, 0.25) is 11.8 Å². The number of benzene rings is 1. The van der Waals surface area contributed by atoms with Gasteiger partial charge in [0.1, 0.15) is 11.9 Å². The maximum atomic E-state index is 14.8. The Morgan fingerprint density at radius 3 is 2.55 bits per heavy atom. The number of amides is 3. The highest BCUT2D eigenvalue weighted by molar-refractivity contribution is 7.99. The Morgan fingerprint density at radius 2 is 1.84 bits per heavy atom. The van der Waals surface area contributed by atoms with Crippen molar-refractivity contribution in [2.45, 2.75) is 109 Å². The molecule has 2 saturated carbocycles. The first kappa shape index (κ1) is 27.6.